The molecule has 0 aliphatic carbocycles. The first kappa shape index (κ1) is 13.3. The van der Waals surface area contributed by atoms with Crippen molar-refractivity contribution in [3.8, 4) is 22.5 Å². The van der Waals surface area contributed by atoms with Gasteiger partial charge in [0.15, 0.2) is 0 Å². The lowest BCUT2D eigenvalue weighted by atomic mass is 10.1. The lowest BCUT2D eigenvalue weighted by molar-refractivity contribution is 0.584. The minimum absolute atomic E-state index is 0.205. The first-order valence-corrected chi connectivity index (χ1v) is 6.89. The van der Waals surface area contributed by atoms with Crippen molar-refractivity contribution >= 4 is 11.6 Å². The molecule has 2 N–H and O–H groups in total. The average Bonchev–Trinajstić information content (AvgIpc) is 2.98. The first-order valence-electron chi connectivity index (χ1n) is 6.89. The molecular weight excluding hydrogens is 295 g/mol. The van der Waals surface area contributed by atoms with Crippen molar-refractivity contribution in [1.29, 1.82) is 0 Å². The Morgan fingerprint density at radius 1 is 0.913 bits per heavy atom. The van der Waals surface area contributed by atoms with Crippen LogP contribution in [0, 0.1) is 5.95 Å². The largest absolute Gasteiger partial charge is 0.368 e. The minimum atomic E-state index is -0.505. The molecule has 0 bridgehead atoms. The highest BCUT2D eigenvalue weighted by Crippen LogP contribution is 2.24. The van der Waals surface area contributed by atoms with Gasteiger partial charge in [0.05, 0.1) is 17.6 Å². The molecule has 4 aromatic heterocycles. The molecule has 4 heterocycles. The van der Waals surface area contributed by atoms with Crippen LogP contribution in [0.5, 0.6) is 0 Å². The summed E-state index contributed by atoms with van der Waals surface area (Å²) >= 11 is 0. The lowest BCUT2D eigenvalue weighted by Gasteiger charge is -2.05. The molecule has 0 amide bonds. The number of nitrogens with zero attached hydrogens (tertiary/aromatic N) is 5. The number of fused-ring (bicyclic) bond motifs is 1. The number of pyridine rings is 2. The second-order valence-corrected chi connectivity index (χ2v) is 4.96. The molecule has 0 saturated heterocycles. The molecule has 112 valence electrons. The van der Waals surface area contributed by atoms with Crippen LogP contribution in [0.4, 0.5) is 10.3 Å². The van der Waals surface area contributed by atoms with Gasteiger partial charge in [-0.3, -0.25) is 4.40 Å². The van der Waals surface area contributed by atoms with Gasteiger partial charge in [-0.1, -0.05) is 0 Å². The third-order valence-corrected chi connectivity index (χ3v) is 3.50. The number of anilines is 1. The summed E-state index contributed by atoms with van der Waals surface area (Å²) < 4.78 is 14.9. The van der Waals surface area contributed by atoms with E-state index in [1.165, 1.54) is 12.3 Å². The molecular formula is C16H11FN6. The average molecular weight is 306 g/mol. The van der Waals surface area contributed by atoms with Gasteiger partial charge in [-0.25, -0.2) is 19.9 Å². The van der Waals surface area contributed by atoms with Gasteiger partial charge in [0.25, 0.3) is 0 Å². The summed E-state index contributed by atoms with van der Waals surface area (Å²) in [4.78, 5) is 16.2. The van der Waals surface area contributed by atoms with Gasteiger partial charge in [0.2, 0.25) is 11.9 Å². The topological polar surface area (TPSA) is 82.0 Å². The van der Waals surface area contributed by atoms with E-state index in [0.29, 0.717) is 5.69 Å². The van der Waals surface area contributed by atoms with Crippen LogP contribution in [0.15, 0.2) is 55.1 Å². The zero-order chi connectivity index (χ0) is 15.8. The summed E-state index contributed by atoms with van der Waals surface area (Å²) in [6.45, 7) is 0. The maximum Gasteiger partial charge on any atom is 0.220 e. The van der Waals surface area contributed by atoms with E-state index in [9.17, 15) is 4.39 Å². The van der Waals surface area contributed by atoms with Crippen LogP contribution in [0.1, 0.15) is 0 Å². The van der Waals surface area contributed by atoms with Crippen molar-refractivity contribution in [2.24, 2.45) is 0 Å². The summed E-state index contributed by atoms with van der Waals surface area (Å²) in [6.07, 6.45) is 6.73. The Bertz CT molecular complexity index is 993. The van der Waals surface area contributed by atoms with Gasteiger partial charge < -0.3 is 5.73 Å². The van der Waals surface area contributed by atoms with E-state index in [-0.39, 0.29) is 5.95 Å². The highest BCUT2D eigenvalue weighted by atomic mass is 19.1. The quantitative estimate of drug-likeness (QED) is 0.576. The predicted molar refractivity (Wildman–Crippen MR) is 83.8 cm³/mol. The van der Waals surface area contributed by atoms with E-state index >= 15 is 0 Å². The Morgan fingerprint density at radius 2 is 1.78 bits per heavy atom. The fourth-order valence-corrected chi connectivity index (χ4v) is 2.40. The van der Waals surface area contributed by atoms with Gasteiger partial charge >= 0.3 is 0 Å². The number of nitrogens with two attached hydrogens (primary N) is 1. The minimum Gasteiger partial charge on any atom is -0.368 e. The Hall–Kier alpha value is -3.35. The molecule has 0 unspecified atom stereocenters. The Balaban J connectivity index is 1.88. The van der Waals surface area contributed by atoms with E-state index in [2.05, 4.69) is 19.9 Å². The van der Waals surface area contributed by atoms with Crippen molar-refractivity contribution in [1.82, 2.24) is 24.3 Å². The molecule has 0 aliphatic heterocycles. The number of aromatic nitrogens is 5. The Kier molecular flexibility index (Phi) is 2.97. The monoisotopic (exact) mass is 306 g/mol. The maximum absolute atomic E-state index is 13.0. The molecule has 6 nitrogen and oxygen atoms in total. The van der Waals surface area contributed by atoms with Crippen LogP contribution in [0.3, 0.4) is 0 Å². The van der Waals surface area contributed by atoms with Crippen LogP contribution < -0.4 is 5.73 Å². The number of hydrogen-bond donors (Lipinski definition) is 1. The molecule has 7 heteroatoms. The second kappa shape index (κ2) is 5.13. The Labute approximate surface area is 130 Å². The van der Waals surface area contributed by atoms with E-state index in [1.54, 1.807) is 24.5 Å². The van der Waals surface area contributed by atoms with Gasteiger partial charge in [-0.2, -0.15) is 4.39 Å². The van der Waals surface area contributed by atoms with E-state index in [0.717, 1.165) is 22.5 Å². The van der Waals surface area contributed by atoms with E-state index in [4.69, 9.17) is 5.73 Å². The number of hydrogen-bond acceptors (Lipinski definition) is 5. The zero-order valence-electron chi connectivity index (χ0n) is 11.9. The van der Waals surface area contributed by atoms with E-state index < -0.39 is 5.95 Å². The summed E-state index contributed by atoms with van der Waals surface area (Å²) in [5.74, 6) is -0.300. The van der Waals surface area contributed by atoms with Crippen LogP contribution in [-0.4, -0.2) is 24.3 Å². The molecule has 0 aromatic carbocycles. The van der Waals surface area contributed by atoms with E-state index in [1.807, 2.05) is 22.7 Å². The highest BCUT2D eigenvalue weighted by molar-refractivity contribution is 5.67. The maximum atomic E-state index is 13.0. The summed E-state index contributed by atoms with van der Waals surface area (Å²) in [7, 11) is 0. The summed E-state index contributed by atoms with van der Waals surface area (Å²) in [5, 5.41) is 0. The number of halogens is 1. The molecule has 0 radical (unpaired) electrons. The van der Waals surface area contributed by atoms with Crippen molar-refractivity contribution < 1.29 is 4.39 Å². The third kappa shape index (κ3) is 2.38. The molecule has 0 spiro atoms. The van der Waals surface area contributed by atoms with Crippen molar-refractivity contribution in [3.05, 3.63) is 61.1 Å². The van der Waals surface area contributed by atoms with Crippen molar-refractivity contribution in [2.75, 3.05) is 5.73 Å². The smallest absolute Gasteiger partial charge is 0.220 e. The molecule has 4 rings (SSSR count). The fourth-order valence-electron chi connectivity index (χ4n) is 2.40. The van der Waals surface area contributed by atoms with Crippen molar-refractivity contribution in [2.45, 2.75) is 0 Å². The molecule has 0 saturated carbocycles. The Morgan fingerprint density at radius 3 is 2.57 bits per heavy atom. The standard InChI is InChI=1S/C16H11FN6/c17-14-3-1-10(7-20-14)11-2-4-15-21-8-13(23(15)9-11)12-5-6-19-16(18)22-12/h1-9H,(H2,18,19,22). The molecule has 23 heavy (non-hydrogen) atoms. The highest BCUT2D eigenvalue weighted by Gasteiger charge is 2.09. The van der Waals surface area contributed by atoms with Crippen LogP contribution in [0.25, 0.3) is 28.2 Å². The summed E-state index contributed by atoms with van der Waals surface area (Å²) in [5.41, 5.74) is 9.61. The molecule has 0 fully saturated rings. The molecule has 0 aliphatic rings. The van der Waals surface area contributed by atoms with Gasteiger partial charge in [-0.15, -0.1) is 0 Å². The van der Waals surface area contributed by atoms with Crippen LogP contribution in [-0.2, 0) is 0 Å². The fraction of sp³-hybridized carbons (Fsp3) is 0. The first-order chi connectivity index (χ1) is 11.2. The lowest BCUT2D eigenvalue weighted by Crippen LogP contribution is -1.97. The van der Waals surface area contributed by atoms with Gasteiger partial charge in [0, 0.05) is 29.7 Å². The number of rotatable bonds is 2. The van der Waals surface area contributed by atoms with Crippen LogP contribution >= 0.6 is 0 Å². The zero-order valence-corrected chi connectivity index (χ0v) is 11.9. The number of imidazole rings is 1. The van der Waals surface area contributed by atoms with Gasteiger partial charge in [-0.05, 0) is 30.3 Å². The summed E-state index contributed by atoms with van der Waals surface area (Å²) in [6, 6.07) is 8.58. The third-order valence-electron chi connectivity index (χ3n) is 3.50. The predicted octanol–water partition coefficient (Wildman–Crippen LogP) is 2.57. The normalized spacial score (nSPS) is 11.0. The van der Waals surface area contributed by atoms with Crippen LogP contribution in [0.2, 0.25) is 0 Å². The van der Waals surface area contributed by atoms with Gasteiger partial charge in [0.1, 0.15) is 5.65 Å². The molecule has 4 aromatic rings. The number of nitrogen functional groups attached to an aromatic ring is 1. The van der Waals surface area contributed by atoms with Crippen molar-refractivity contribution in [3.63, 3.8) is 0 Å². The SMILES string of the molecule is Nc1nccc(-c2cnc3ccc(-c4ccc(F)nc4)cn23)n1. The second-order valence-electron chi connectivity index (χ2n) is 4.96. The molecule has 0 atom stereocenters.